The summed E-state index contributed by atoms with van der Waals surface area (Å²) in [5.74, 6) is -0.988. The van der Waals surface area contributed by atoms with E-state index in [9.17, 15) is 9.59 Å². The highest BCUT2D eigenvalue weighted by Crippen LogP contribution is 2.15. The van der Waals surface area contributed by atoms with Crippen molar-refractivity contribution in [1.82, 2.24) is 5.32 Å². The van der Waals surface area contributed by atoms with Gasteiger partial charge in [0.15, 0.2) is 0 Å². The molecule has 1 saturated heterocycles. The molecule has 3 N–H and O–H groups in total. The molecule has 1 aliphatic heterocycles. The lowest BCUT2D eigenvalue weighted by Gasteiger charge is -2.22. The van der Waals surface area contributed by atoms with Gasteiger partial charge in [0, 0.05) is 18.8 Å². The van der Waals surface area contributed by atoms with Gasteiger partial charge in [-0.1, -0.05) is 0 Å². The Labute approximate surface area is 123 Å². The number of hydrogen-bond acceptors (Lipinski definition) is 3. The zero-order chi connectivity index (χ0) is 15.1. The Balaban J connectivity index is 1.70. The molecule has 1 aliphatic rings. The molecule has 0 spiro atoms. The second-order valence-electron chi connectivity index (χ2n) is 5.04. The van der Waals surface area contributed by atoms with Crippen molar-refractivity contribution in [2.75, 3.05) is 18.5 Å². The van der Waals surface area contributed by atoms with Crippen LogP contribution in [0, 0.1) is 0 Å². The Hall–Kier alpha value is -2.08. The first kappa shape index (κ1) is 15.3. The second-order valence-corrected chi connectivity index (χ2v) is 5.04. The SMILES string of the molecule is O=C(NCCC1CCCCO1)Nc1ccc(C(=O)O)cc1. The summed E-state index contributed by atoms with van der Waals surface area (Å²) in [7, 11) is 0. The molecule has 1 atom stereocenters. The molecule has 1 aromatic carbocycles. The molecule has 0 aliphatic carbocycles. The average molecular weight is 292 g/mol. The van der Waals surface area contributed by atoms with E-state index in [1.54, 1.807) is 12.1 Å². The number of carboxylic acid groups (broad SMARTS) is 1. The maximum atomic E-state index is 11.7. The molecule has 6 heteroatoms. The average Bonchev–Trinajstić information content (AvgIpc) is 2.49. The Morgan fingerprint density at radius 1 is 1.24 bits per heavy atom. The molecule has 1 heterocycles. The van der Waals surface area contributed by atoms with Gasteiger partial charge in [-0.3, -0.25) is 0 Å². The van der Waals surface area contributed by atoms with Gasteiger partial charge < -0.3 is 20.5 Å². The monoisotopic (exact) mass is 292 g/mol. The quantitative estimate of drug-likeness (QED) is 0.778. The van der Waals surface area contributed by atoms with Crippen LogP contribution in [0.4, 0.5) is 10.5 Å². The summed E-state index contributed by atoms with van der Waals surface area (Å²) in [5.41, 5.74) is 0.752. The normalized spacial score (nSPS) is 18.0. The van der Waals surface area contributed by atoms with E-state index in [0.29, 0.717) is 12.2 Å². The number of amides is 2. The van der Waals surface area contributed by atoms with Gasteiger partial charge in [0.05, 0.1) is 11.7 Å². The Morgan fingerprint density at radius 3 is 2.62 bits per heavy atom. The van der Waals surface area contributed by atoms with Gasteiger partial charge in [0.2, 0.25) is 0 Å². The number of urea groups is 1. The lowest BCUT2D eigenvalue weighted by atomic mass is 10.1. The minimum absolute atomic E-state index is 0.190. The number of aromatic carboxylic acids is 1. The Kier molecular flexibility index (Phi) is 5.57. The molecular weight excluding hydrogens is 272 g/mol. The summed E-state index contributed by atoms with van der Waals surface area (Å²) < 4.78 is 5.59. The summed E-state index contributed by atoms with van der Waals surface area (Å²) in [6.07, 6.45) is 4.42. The molecule has 0 bridgehead atoms. The first-order chi connectivity index (χ1) is 10.1. The molecule has 0 aromatic heterocycles. The molecule has 1 unspecified atom stereocenters. The first-order valence-corrected chi connectivity index (χ1v) is 7.15. The van der Waals surface area contributed by atoms with Crippen LogP contribution >= 0.6 is 0 Å². The molecule has 2 amide bonds. The third kappa shape index (κ3) is 5.07. The van der Waals surface area contributed by atoms with Crippen molar-refractivity contribution in [3.8, 4) is 0 Å². The lowest BCUT2D eigenvalue weighted by Crippen LogP contribution is -2.32. The number of carboxylic acids is 1. The van der Waals surface area contributed by atoms with E-state index in [-0.39, 0.29) is 17.7 Å². The van der Waals surface area contributed by atoms with Gasteiger partial charge in [0.25, 0.3) is 0 Å². The van der Waals surface area contributed by atoms with E-state index >= 15 is 0 Å². The summed E-state index contributed by atoms with van der Waals surface area (Å²) in [4.78, 5) is 22.4. The third-order valence-electron chi connectivity index (χ3n) is 3.42. The largest absolute Gasteiger partial charge is 0.478 e. The molecule has 2 rings (SSSR count). The van der Waals surface area contributed by atoms with Crippen molar-refractivity contribution in [1.29, 1.82) is 0 Å². The highest BCUT2D eigenvalue weighted by molar-refractivity contribution is 5.91. The number of anilines is 1. The molecule has 6 nitrogen and oxygen atoms in total. The standard InChI is InChI=1S/C15H20N2O4/c18-14(19)11-4-6-12(7-5-11)17-15(20)16-9-8-13-3-1-2-10-21-13/h4-7,13H,1-3,8-10H2,(H,18,19)(H2,16,17,20). The van der Waals surface area contributed by atoms with E-state index < -0.39 is 5.97 Å². The van der Waals surface area contributed by atoms with Crippen molar-refractivity contribution in [2.45, 2.75) is 31.8 Å². The fourth-order valence-corrected chi connectivity index (χ4v) is 2.25. The van der Waals surface area contributed by atoms with E-state index in [0.717, 1.165) is 25.9 Å². The summed E-state index contributed by atoms with van der Waals surface area (Å²) in [6, 6.07) is 5.73. The fraction of sp³-hybridized carbons (Fsp3) is 0.467. The van der Waals surface area contributed by atoms with Gasteiger partial charge in [-0.25, -0.2) is 9.59 Å². The maximum Gasteiger partial charge on any atom is 0.335 e. The van der Waals surface area contributed by atoms with Crippen LogP contribution in [0.2, 0.25) is 0 Å². The van der Waals surface area contributed by atoms with Crippen molar-refractivity contribution >= 4 is 17.7 Å². The minimum atomic E-state index is -0.988. The minimum Gasteiger partial charge on any atom is -0.478 e. The number of hydrogen-bond donors (Lipinski definition) is 3. The number of carbonyl (C=O) groups is 2. The van der Waals surface area contributed by atoms with Crippen LogP contribution in [-0.2, 0) is 4.74 Å². The second kappa shape index (κ2) is 7.64. The van der Waals surface area contributed by atoms with Crippen LogP contribution in [0.1, 0.15) is 36.0 Å². The lowest BCUT2D eigenvalue weighted by molar-refractivity contribution is 0.0120. The number of ether oxygens (including phenoxy) is 1. The molecule has 1 aromatic rings. The predicted octanol–water partition coefficient (Wildman–Crippen LogP) is 2.47. The predicted molar refractivity (Wildman–Crippen MR) is 78.6 cm³/mol. The van der Waals surface area contributed by atoms with E-state index in [4.69, 9.17) is 9.84 Å². The summed E-state index contributed by atoms with van der Waals surface area (Å²) in [5, 5.41) is 14.2. The van der Waals surface area contributed by atoms with Crippen LogP contribution < -0.4 is 10.6 Å². The molecule has 0 radical (unpaired) electrons. The van der Waals surface area contributed by atoms with E-state index in [2.05, 4.69) is 10.6 Å². The van der Waals surface area contributed by atoms with Crippen LogP contribution in [0.3, 0.4) is 0 Å². The van der Waals surface area contributed by atoms with Gasteiger partial charge in [-0.2, -0.15) is 0 Å². The smallest absolute Gasteiger partial charge is 0.335 e. The first-order valence-electron chi connectivity index (χ1n) is 7.15. The Morgan fingerprint density at radius 2 is 2.00 bits per heavy atom. The van der Waals surface area contributed by atoms with Crippen LogP contribution in [-0.4, -0.2) is 36.4 Å². The summed E-state index contributed by atoms with van der Waals surface area (Å²) in [6.45, 7) is 1.37. The highest BCUT2D eigenvalue weighted by Gasteiger charge is 2.13. The maximum absolute atomic E-state index is 11.7. The molecule has 1 fully saturated rings. The van der Waals surface area contributed by atoms with E-state index in [1.165, 1.54) is 18.6 Å². The topological polar surface area (TPSA) is 87.7 Å². The van der Waals surface area contributed by atoms with Gasteiger partial charge in [0.1, 0.15) is 0 Å². The zero-order valence-electron chi connectivity index (χ0n) is 11.8. The fourth-order valence-electron chi connectivity index (χ4n) is 2.25. The number of carbonyl (C=O) groups excluding carboxylic acids is 1. The number of nitrogens with one attached hydrogen (secondary N) is 2. The zero-order valence-corrected chi connectivity index (χ0v) is 11.8. The summed E-state index contributed by atoms with van der Waals surface area (Å²) >= 11 is 0. The van der Waals surface area contributed by atoms with Gasteiger partial charge in [-0.15, -0.1) is 0 Å². The van der Waals surface area contributed by atoms with Crippen LogP contribution in [0.5, 0.6) is 0 Å². The number of rotatable bonds is 5. The van der Waals surface area contributed by atoms with Gasteiger partial charge in [-0.05, 0) is 49.9 Å². The van der Waals surface area contributed by atoms with Crippen molar-refractivity contribution in [3.05, 3.63) is 29.8 Å². The van der Waals surface area contributed by atoms with Crippen LogP contribution in [0.15, 0.2) is 24.3 Å². The van der Waals surface area contributed by atoms with Crippen molar-refractivity contribution in [3.63, 3.8) is 0 Å². The molecule has 114 valence electrons. The third-order valence-corrected chi connectivity index (χ3v) is 3.42. The van der Waals surface area contributed by atoms with Crippen molar-refractivity contribution in [2.24, 2.45) is 0 Å². The Bertz CT molecular complexity index is 481. The molecule has 0 saturated carbocycles. The van der Waals surface area contributed by atoms with Crippen molar-refractivity contribution < 1.29 is 19.4 Å². The highest BCUT2D eigenvalue weighted by atomic mass is 16.5. The number of benzene rings is 1. The van der Waals surface area contributed by atoms with E-state index in [1.807, 2.05) is 0 Å². The van der Waals surface area contributed by atoms with Crippen LogP contribution in [0.25, 0.3) is 0 Å². The molecular formula is C15H20N2O4. The molecule has 21 heavy (non-hydrogen) atoms. The van der Waals surface area contributed by atoms with Gasteiger partial charge >= 0.3 is 12.0 Å².